The van der Waals surface area contributed by atoms with Crippen LogP contribution in [0.1, 0.15) is 36.7 Å². The molecule has 0 aliphatic carbocycles. The number of alkyl halides is 3. The van der Waals surface area contributed by atoms with Crippen LogP contribution in [0.2, 0.25) is 0 Å². The van der Waals surface area contributed by atoms with E-state index in [-0.39, 0.29) is 29.7 Å². The molecule has 0 bridgehead atoms. The van der Waals surface area contributed by atoms with Gasteiger partial charge in [-0.3, -0.25) is 10.2 Å². The van der Waals surface area contributed by atoms with Gasteiger partial charge in [0.2, 0.25) is 18.3 Å². The van der Waals surface area contributed by atoms with Crippen molar-refractivity contribution in [2.45, 2.75) is 55.6 Å². The van der Waals surface area contributed by atoms with Crippen LogP contribution < -0.4 is 10.9 Å². The van der Waals surface area contributed by atoms with Gasteiger partial charge in [0.05, 0.1) is 12.1 Å². The average molecular weight is 656 g/mol. The van der Waals surface area contributed by atoms with Gasteiger partial charge in [-0.2, -0.15) is 0 Å². The summed E-state index contributed by atoms with van der Waals surface area (Å²) in [6.45, 7) is 7.17. The first-order valence-corrected chi connectivity index (χ1v) is 14.2. The van der Waals surface area contributed by atoms with E-state index in [0.29, 0.717) is 22.1 Å². The quantitative estimate of drug-likeness (QED) is 0.0730. The van der Waals surface area contributed by atoms with Crippen molar-refractivity contribution in [3.05, 3.63) is 70.1 Å². The number of aromatic hydroxyl groups is 1. The molecule has 5 rings (SSSR count). The maximum Gasteiger partial charge on any atom is 0.509 e. The normalized spacial score (nSPS) is 22.3. The highest BCUT2D eigenvalue weighted by Crippen LogP contribution is 2.41. The predicted molar refractivity (Wildman–Crippen MR) is 161 cm³/mol. The largest absolute Gasteiger partial charge is 0.509 e. The summed E-state index contributed by atoms with van der Waals surface area (Å²) in [6.07, 6.45) is -3.22. The van der Waals surface area contributed by atoms with Crippen LogP contribution in [-0.2, 0) is 18.9 Å². The molecule has 0 radical (unpaired) electrons. The van der Waals surface area contributed by atoms with E-state index in [1.807, 2.05) is 26.8 Å². The monoisotopic (exact) mass is 654 g/mol. The highest BCUT2D eigenvalue weighted by molar-refractivity contribution is 6.76. The van der Waals surface area contributed by atoms with E-state index < -0.39 is 45.6 Å². The number of hydrogen-bond acceptors (Lipinski definition) is 11. The molecule has 3 N–H and O–H groups in total. The molecule has 2 aliphatic heterocycles. The Labute approximate surface area is 261 Å². The number of nitrogens with one attached hydrogen (secondary N) is 2. The number of anilines is 1. The van der Waals surface area contributed by atoms with Gasteiger partial charge in [-0.1, -0.05) is 72.1 Å². The minimum Gasteiger partial charge on any atom is -0.508 e. The van der Waals surface area contributed by atoms with E-state index >= 15 is 0 Å². The maximum absolute atomic E-state index is 12.1. The van der Waals surface area contributed by atoms with Gasteiger partial charge < -0.3 is 33.8 Å². The number of phenolic OH excluding ortho intramolecular Hbond substituents is 1. The highest BCUT2D eigenvalue weighted by Gasteiger charge is 2.57. The predicted octanol–water partition coefficient (Wildman–Crippen LogP) is 6.13. The molecule has 3 heterocycles. The number of ether oxygens (including phenoxy) is 4. The summed E-state index contributed by atoms with van der Waals surface area (Å²) < 4.78 is 24.3. The molecule has 4 atom stereocenters. The van der Waals surface area contributed by atoms with Crippen molar-refractivity contribution in [2.75, 3.05) is 11.9 Å². The van der Waals surface area contributed by atoms with Crippen molar-refractivity contribution in [2.24, 2.45) is 5.92 Å². The Hall–Kier alpha value is -3.51. The third-order valence-corrected chi connectivity index (χ3v) is 7.73. The first-order chi connectivity index (χ1) is 20.1. The Morgan fingerprint density at radius 1 is 1.09 bits per heavy atom. The molecule has 2 fully saturated rings. The lowest BCUT2D eigenvalue weighted by molar-refractivity contribution is -0.265. The van der Waals surface area contributed by atoms with Crippen LogP contribution in [0.4, 0.5) is 10.5 Å². The number of aryl methyl sites for hydroxylation is 1. The second-order valence-electron chi connectivity index (χ2n) is 10.5. The molecule has 11 nitrogen and oxygen atoms in total. The lowest BCUT2D eigenvalue weighted by Gasteiger charge is -2.44. The zero-order valence-corrected chi connectivity index (χ0v) is 25.8. The fourth-order valence-electron chi connectivity index (χ4n) is 4.46. The van der Waals surface area contributed by atoms with Crippen molar-refractivity contribution >= 4 is 69.3 Å². The summed E-state index contributed by atoms with van der Waals surface area (Å²) in [7, 11) is 0. The van der Waals surface area contributed by atoms with Crippen LogP contribution >= 0.6 is 34.8 Å². The van der Waals surface area contributed by atoms with E-state index in [9.17, 15) is 19.5 Å². The molecular weight excluding hydrogens is 627 g/mol. The molecular formula is C29H29Cl3N2O9. The van der Waals surface area contributed by atoms with Gasteiger partial charge in [0, 0.05) is 22.4 Å². The number of ketones is 1. The Morgan fingerprint density at radius 2 is 1.74 bits per heavy atom. The standard InChI is InChI=1S/C18H15NO4.C11H14Cl3NO5/c1-11-15(20)8-7-13-9-14(18(22)23-17(11)13)19-10-16(21)12-5-3-2-4-6-12;1-4-5-6(18-9(16)17-5)7(20-10(4,2)3)19-8(15)11(12,13)14/h2-9,19-20H,10H2,1H3;4-7,15H,1-3H3/t;4-,5-,6-,7?/m.1/s1. The second-order valence-corrected chi connectivity index (χ2v) is 12.7. The molecule has 2 aliphatic rings. The molecule has 0 saturated carbocycles. The summed E-state index contributed by atoms with van der Waals surface area (Å²) in [5.41, 5.74) is 0.402. The lowest BCUT2D eigenvalue weighted by atomic mass is 9.82. The van der Waals surface area contributed by atoms with Gasteiger partial charge in [0.1, 0.15) is 17.0 Å². The summed E-state index contributed by atoms with van der Waals surface area (Å²) in [4.78, 5) is 35.4. The van der Waals surface area contributed by atoms with Crippen LogP contribution in [0.25, 0.3) is 11.0 Å². The third kappa shape index (κ3) is 7.35. The van der Waals surface area contributed by atoms with Crippen LogP contribution in [-0.4, -0.2) is 57.4 Å². The van der Waals surface area contributed by atoms with E-state index in [2.05, 4.69) is 5.32 Å². The molecule has 2 aromatic carbocycles. The van der Waals surface area contributed by atoms with Crippen LogP contribution in [0.5, 0.6) is 5.75 Å². The molecule has 2 saturated heterocycles. The average Bonchev–Trinajstić information content (AvgIpc) is 3.35. The Bertz CT molecular complexity index is 1590. The molecule has 3 aromatic rings. The Kier molecular flexibility index (Phi) is 9.51. The van der Waals surface area contributed by atoms with E-state index in [0.717, 1.165) is 0 Å². The van der Waals surface area contributed by atoms with Crippen molar-refractivity contribution in [3.8, 4) is 5.75 Å². The molecule has 14 heteroatoms. The minimum atomic E-state index is -2.02. The molecule has 0 amide bonds. The number of carbonyl (C=O) groups is 2. The Balaban J connectivity index is 0.000000199. The number of benzene rings is 2. The summed E-state index contributed by atoms with van der Waals surface area (Å²) >= 11 is 16.7. The minimum absolute atomic E-state index is 0.00263. The lowest BCUT2D eigenvalue weighted by Crippen LogP contribution is -2.58. The number of Topliss-reactive ketones (excluding diaryl/α,β-unsaturated/α-hetero) is 1. The number of fused-ring (bicyclic) bond motifs is 2. The smallest absolute Gasteiger partial charge is 0.508 e. The van der Waals surface area contributed by atoms with Crippen molar-refractivity contribution in [1.29, 1.82) is 5.41 Å². The first-order valence-electron chi connectivity index (χ1n) is 13.0. The first kappa shape index (κ1) is 32.4. The fourth-order valence-corrected chi connectivity index (χ4v) is 4.60. The van der Waals surface area contributed by atoms with Gasteiger partial charge in [-0.15, -0.1) is 0 Å². The highest BCUT2D eigenvalue weighted by atomic mass is 35.6. The van der Waals surface area contributed by atoms with Gasteiger partial charge in [0.15, 0.2) is 11.9 Å². The van der Waals surface area contributed by atoms with Gasteiger partial charge in [0.25, 0.3) is 3.79 Å². The van der Waals surface area contributed by atoms with Gasteiger partial charge in [-0.05, 0) is 39.0 Å². The van der Waals surface area contributed by atoms with Crippen molar-refractivity contribution < 1.29 is 38.1 Å². The summed E-state index contributed by atoms with van der Waals surface area (Å²) in [5.74, 6) is -0.784. The number of carbonyl (C=O) groups excluding carboxylic acids is 2. The molecule has 1 unspecified atom stereocenters. The van der Waals surface area contributed by atoms with E-state index in [4.69, 9.17) is 63.6 Å². The number of hydrogen-bond donors (Lipinski definition) is 3. The maximum atomic E-state index is 12.1. The molecule has 43 heavy (non-hydrogen) atoms. The summed E-state index contributed by atoms with van der Waals surface area (Å²) in [6, 6.07) is 13.7. The SMILES string of the molecule is C[C@@H]1[C@H]2OC(=O)O[C@H]2C(OC(=N)C(Cl)(Cl)Cl)OC1(C)C.Cc1c(O)ccc2cc(NCC(=O)c3ccccc3)c(=O)oc12. The summed E-state index contributed by atoms with van der Waals surface area (Å²) in [5, 5.41) is 20.7. The van der Waals surface area contributed by atoms with E-state index in [1.54, 1.807) is 43.3 Å². The van der Waals surface area contributed by atoms with Crippen molar-refractivity contribution in [3.63, 3.8) is 0 Å². The Morgan fingerprint density at radius 3 is 2.40 bits per heavy atom. The zero-order valence-electron chi connectivity index (χ0n) is 23.5. The van der Waals surface area contributed by atoms with Crippen molar-refractivity contribution in [1.82, 2.24) is 0 Å². The van der Waals surface area contributed by atoms with Gasteiger partial charge in [-0.25, -0.2) is 9.59 Å². The zero-order chi connectivity index (χ0) is 31.7. The third-order valence-electron chi connectivity index (χ3n) is 7.21. The van der Waals surface area contributed by atoms with Crippen LogP contribution in [0, 0.1) is 18.3 Å². The van der Waals surface area contributed by atoms with Gasteiger partial charge >= 0.3 is 11.8 Å². The number of rotatable bonds is 5. The molecule has 1 aromatic heterocycles. The molecule has 0 spiro atoms. The van der Waals surface area contributed by atoms with E-state index in [1.165, 1.54) is 6.07 Å². The fraction of sp³-hybridized carbons (Fsp3) is 0.379. The van der Waals surface area contributed by atoms with Crippen LogP contribution in [0.15, 0.2) is 57.7 Å². The topological polar surface area (TPSA) is 157 Å². The number of halogens is 3. The second kappa shape index (κ2) is 12.6. The van der Waals surface area contributed by atoms with Crippen LogP contribution in [0.3, 0.4) is 0 Å². The molecule has 230 valence electrons. The number of phenols is 1.